The maximum absolute atomic E-state index is 10.8. The van der Waals surface area contributed by atoms with Crippen LogP contribution in [-0.2, 0) is 23.8 Å². The summed E-state index contributed by atoms with van der Waals surface area (Å²) in [6, 6.07) is 13.1. The number of rotatable bonds is 0. The summed E-state index contributed by atoms with van der Waals surface area (Å²) in [5.74, 6) is -3.33. The number of carbonyl (C=O) groups is 6. The number of ether oxygens (including phenoxy) is 3. The largest absolute Gasteiger partial charge is 0.394 e. The summed E-state index contributed by atoms with van der Waals surface area (Å²) in [4.78, 5) is 63.0. The Balaban J connectivity index is 0.000000161. The van der Waals surface area contributed by atoms with E-state index in [1.165, 1.54) is 13.8 Å². The van der Waals surface area contributed by atoms with Crippen LogP contribution in [0.15, 0.2) is 48.5 Å². The van der Waals surface area contributed by atoms with Gasteiger partial charge >= 0.3 is 35.8 Å². The van der Waals surface area contributed by atoms with Gasteiger partial charge in [0.1, 0.15) is 0 Å². The molecule has 0 amide bonds. The second-order valence-corrected chi connectivity index (χ2v) is 5.53. The molecular formula is C20H14O9. The molecule has 29 heavy (non-hydrogen) atoms. The lowest BCUT2D eigenvalue weighted by Crippen LogP contribution is -2.03. The van der Waals surface area contributed by atoms with Crippen LogP contribution in [0.1, 0.15) is 55.3 Å². The third-order valence-corrected chi connectivity index (χ3v) is 3.39. The van der Waals surface area contributed by atoms with Crippen molar-refractivity contribution in [3.05, 3.63) is 70.8 Å². The van der Waals surface area contributed by atoms with Crippen molar-refractivity contribution in [3.8, 4) is 0 Å². The molecule has 9 nitrogen and oxygen atoms in total. The lowest BCUT2D eigenvalue weighted by molar-refractivity contribution is -0.156. The minimum absolute atomic E-state index is 0.359. The molecule has 2 aromatic carbocycles. The minimum Gasteiger partial charge on any atom is -0.394 e. The van der Waals surface area contributed by atoms with Gasteiger partial charge in [-0.3, -0.25) is 9.59 Å². The second-order valence-electron chi connectivity index (χ2n) is 5.53. The van der Waals surface area contributed by atoms with E-state index in [1.807, 2.05) is 0 Å². The molecule has 0 saturated heterocycles. The van der Waals surface area contributed by atoms with Crippen LogP contribution in [0.5, 0.6) is 0 Å². The van der Waals surface area contributed by atoms with E-state index in [0.29, 0.717) is 22.3 Å². The van der Waals surface area contributed by atoms with Gasteiger partial charge in [-0.15, -0.1) is 0 Å². The Morgan fingerprint density at radius 3 is 1.00 bits per heavy atom. The molecule has 2 aromatic rings. The molecule has 0 fully saturated rings. The molecule has 0 N–H and O–H groups in total. The molecule has 2 aliphatic rings. The molecule has 9 heteroatoms. The van der Waals surface area contributed by atoms with Gasteiger partial charge in [-0.05, 0) is 24.3 Å². The highest BCUT2D eigenvalue weighted by molar-refractivity contribution is 6.15. The first kappa shape index (κ1) is 21.2. The predicted molar refractivity (Wildman–Crippen MR) is 94.8 cm³/mol. The highest BCUT2D eigenvalue weighted by Gasteiger charge is 2.29. The Hall–Kier alpha value is -4.14. The molecule has 0 saturated carbocycles. The highest BCUT2D eigenvalue weighted by Crippen LogP contribution is 2.19. The Labute approximate surface area is 164 Å². The van der Waals surface area contributed by atoms with E-state index in [0.717, 1.165) is 0 Å². The molecule has 0 spiro atoms. The van der Waals surface area contributed by atoms with Crippen molar-refractivity contribution in [1.29, 1.82) is 0 Å². The Bertz CT molecular complexity index is 873. The van der Waals surface area contributed by atoms with Crippen molar-refractivity contribution in [2.75, 3.05) is 0 Å². The van der Waals surface area contributed by atoms with Gasteiger partial charge in [0.05, 0.1) is 22.3 Å². The third-order valence-electron chi connectivity index (χ3n) is 3.39. The van der Waals surface area contributed by atoms with Crippen LogP contribution in [-0.4, -0.2) is 35.8 Å². The summed E-state index contributed by atoms with van der Waals surface area (Å²) in [7, 11) is 0. The van der Waals surface area contributed by atoms with Crippen LogP contribution < -0.4 is 0 Å². The molecule has 0 atom stereocenters. The fourth-order valence-electron chi connectivity index (χ4n) is 2.27. The van der Waals surface area contributed by atoms with Gasteiger partial charge in [0.25, 0.3) is 0 Å². The van der Waals surface area contributed by atoms with E-state index in [4.69, 9.17) is 0 Å². The number of carbonyl (C=O) groups excluding carboxylic acids is 6. The molecule has 0 aromatic heterocycles. The van der Waals surface area contributed by atoms with Gasteiger partial charge in [0.15, 0.2) is 0 Å². The van der Waals surface area contributed by atoms with Crippen molar-refractivity contribution in [3.63, 3.8) is 0 Å². The first-order valence-electron chi connectivity index (χ1n) is 8.10. The molecule has 0 aliphatic carbocycles. The lowest BCUT2D eigenvalue weighted by atomic mass is 10.1. The zero-order chi connectivity index (χ0) is 21.6. The molecule has 2 heterocycles. The maximum Gasteiger partial charge on any atom is 0.346 e. The zero-order valence-electron chi connectivity index (χ0n) is 15.3. The first-order chi connectivity index (χ1) is 13.7. The van der Waals surface area contributed by atoms with Gasteiger partial charge in [-0.25, -0.2) is 19.2 Å². The van der Waals surface area contributed by atoms with E-state index in [-0.39, 0.29) is 0 Å². The quantitative estimate of drug-likeness (QED) is 0.372. The van der Waals surface area contributed by atoms with Crippen molar-refractivity contribution < 1.29 is 43.0 Å². The first-order valence-corrected chi connectivity index (χ1v) is 8.10. The molecule has 0 unspecified atom stereocenters. The summed E-state index contributed by atoms with van der Waals surface area (Å²) in [6.45, 7) is 2.36. The molecule has 2 aliphatic heterocycles. The van der Waals surface area contributed by atoms with Gasteiger partial charge in [-0.2, -0.15) is 0 Å². The van der Waals surface area contributed by atoms with E-state index in [1.54, 1.807) is 48.5 Å². The number of esters is 6. The smallest absolute Gasteiger partial charge is 0.346 e. The molecule has 0 radical (unpaired) electrons. The Kier molecular flexibility index (Phi) is 6.70. The fraction of sp³-hybridized carbons (Fsp3) is 0.100. The van der Waals surface area contributed by atoms with Crippen molar-refractivity contribution >= 4 is 35.8 Å². The average molecular weight is 398 g/mol. The van der Waals surface area contributed by atoms with Gasteiger partial charge < -0.3 is 14.2 Å². The summed E-state index contributed by atoms with van der Waals surface area (Å²) in [6.07, 6.45) is 0. The zero-order valence-corrected chi connectivity index (χ0v) is 15.3. The number of fused-ring (bicyclic) bond motifs is 2. The monoisotopic (exact) mass is 398 g/mol. The summed E-state index contributed by atoms with van der Waals surface area (Å²) in [5.41, 5.74) is 1.44. The molecule has 0 bridgehead atoms. The van der Waals surface area contributed by atoms with E-state index in [2.05, 4.69) is 14.2 Å². The van der Waals surface area contributed by atoms with Crippen LogP contribution in [0.25, 0.3) is 0 Å². The normalized spacial score (nSPS) is 12.9. The fourth-order valence-corrected chi connectivity index (χ4v) is 2.27. The standard InChI is InChI=1S/2C8H4O3.C4H6O3/c2*9-7-5-3-1-2-4-6(5)8(10)11-7;1-3(5)7-4(2)6/h2*1-4H;1-2H3. The minimum atomic E-state index is -0.562. The van der Waals surface area contributed by atoms with Crippen molar-refractivity contribution in [2.45, 2.75) is 13.8 Å². The maximum atomic E-state index is 10.8. The topological polar surface area (TPSA) is 130 Å². The van der Waals surface area contributed by atoms with E-state index < -0.39 is 35.8 Å². The summed E-state index contributed by atoms with van der Waals surface area (Å²) in [5, 5.41) is 0. The second kappa shape index (κ2) is 9.18. The summed E-state index contributed by atoms with van der Waals surface area (Å²) >= 11 is 0. The Morgan fingerprint density at radius 1 is 0.586 bits per heavy atom. The van der Waals surface area contributed by atoms with Gasteiger partial charge in [0.2, 0.25) is 0 Å². The number of cyclic esters (lactones) is 4. The van der Waals surface area contributed by atoms with Gasteiger partial charge in [0, 0.05) is 13.8 Å². The molecular weight excluding hydrogens is 384 g/mol. The molecule has 4 rings (SSSR count). The number of hydrogen-bond donors (Lipinski definition) is 0. The summed E-state index contributed by atoms with van der Waals surface area (Å²) < 4.78 is 12.7. The van der Waals surface area contributed by atoms with Crippen LogP contribution in [0.4, 0.5) is 0 Å². The van der Waals surface area contributed by atoms with Crippen LogP contribution >= 0.6 is 0 Å². The number of hydrogen-bond acceptors (Lipinski definition) is 9. The van der Waals surface area contributed by atoms with Crippen LogP contribution in [0.2, 0.25) is 0 Å². The van der Waals surface area contributed by atoms with Crippen molar-refractivity contribution in [2.24, 2.45) is 0 Å². The SMILES string of the molecule is CC(=O)OC(C)=O.O=C1OC(=O)c2ccccc21.O=C1OC(=O)c2ccccc21. The van der Waals surface area contributed by atoms with E-state index in [9.17, 15) is 28.8 Å². The van der Waals surface area contributed by atoms with E-state index >= 15 is 0 Å². The molecule has 148 valence electrons. The Morgan fingerprint density at radius 2 is 0.828 bits per heavy atom. The van der Waals surface area contributed by atoms with Crippen LogP contribution in [0, 0.1) is 0 Å². The van der Waals surface area contributed by atoms with Crippen molar-refractivity contribution in [1.82, 2.24) is 0 Å². The average Bonchev–Trinajstić information content (AvgIpc) is 3.12. The highest BCUT2D eigenvalue weighted by atomic mass is 16.6. The van der Waals surface area contributed by atoms with Gasteiger partial charge in [-0.1, -0.05) is 24.3 Å². The van der Waals surface area contributed by atoms with Crippen LogP contribution in [0.3, 0.4) is 0 Å². The number of benzene rings is 2. The third kappa shape index (κ3) is 5.42. The predicted octanol–water partition coefficient (Wildman–Crippen LogP) is 2.09. The lowest BCUT2D eigenvalue weighted by Gasteiger charge is -1.87.